The molecule has 1 heterocycles. The summed E-state index contributed by atoms with van der Waals surface area (Å²) >= 11 is 0. The Morgan fingerprint density at radius 3 is 2.26 bits per heavy atom. The summed E-state index contributed by atoms with van der Waals surface area (Å²) in [6, 6.07) is 31.8. The molecule has 0 saturated carbocycles. The van der Waals surface area contributed by atoms with E-state index in [1.807, 2.05) is 103 Å². The SMILES string of the molecule is O=C1N[C@@](Cc2ccccc2)(c2ccccc2)C(=O)N1C[C@H](O)COc1cccc2ccccc12. The smallest absolute Gasteiger partial charge is 0.325 e. The van der Waals surface area contributed by atoms with E-state index in [4.69, 9.17) is 4.74 Å². The van der Waals surface area contributed by atoms with Crippen LogP contribution in [0, 0.1) is 0 Å². The van der Waals surface area contributed by atoms with Gasteiger partial charge in [-0.15, -0.1) is 0 Å². The molecule has 0 unspecified atom stereocenters. The zero-order valence-corrected chi connectivity index (χ0v) is 19.1. The molecule has 6 heteroatoms. The van der Waals surface area contributed by atoms with Crippen molar-refractivity contribution in [2.75, 3.05) is 13.2 Å². The van der Waals surface area contributed by atoms with Crippen molar-refractivity contribution < 1.29 is 19.4 Å². The van der Waals surface area contributed by atoms with Gasteiger partial charge in [0.15, 0.2) is 5.54 Å². The summed E-state index contributed by atoms with van der Waals surface area (Å²) in [5, 5.41) is 15.6. The van der Waals surface area contributed by atoms with E-state index in [0.717, 1.165) is 21.2 Å². The number of rotatable bonds is 8. The Balaban J connectivity index is 1.34. The fourth-order valence-electron chi connectivity index (χ4n) is 4.61. The van der Waals surface area contributed by atoms with Crippen LogP contribution in [0.5, 0.6) is 5.75 Å². The van der Waals surface area contributed by atoms with E-state index >= 15 is 0 Å². The van der Waals surface area contributed by atoms with Gasteiger partial charge in [0.2, 0.25) is 0 Å². The Morgan fingerprint density at radius 2 is 1.49 bits per heavy atom. The van der Waals surface area contributed by atoms with Crippen LogP contribution in [0.2, 0.25) is 0 Å². The van der Waals surface area contributed by atoms with Crippen molar-refractivity contribution in [2.24, 2.45) is 0 Å². The van der Waals surface area contributed by atoms with Crippen LogP contribution < -0.4 is 10.1 Å². The Morgan fingerprint density at radius 1 is 0.829 bits per heavy atom. The minimum absolute atomic E-state index is 0.0535. The standard InChI is InChI=1S/C29H26N2O4/c32-24(20-35-26-17-9-13-22-12-7-8-16-25(22)26)19-31-27(33)29(30-28(31)34,23-14-5-2-6-15-23)18-21-10-3-1-4-11-21/h1-17,24,32H,18-20H2,(H,30,34)/t24-,29-/m0/s1. The molecule has 0 aromatic heterocycles. The van der Waals surface area contributed by atoms with Crippen LogP contribution in [0.4, 0.5) is 4.79 Å². The molecule has 5 rings (SSSR count). The average molecular weight is 467 g/mol. The number of β-amino-alcohol motifs (C(OH)–C–C–N with tert-alkyl or cyclic N) is 1. The highest BCUT2D eigenvalue weighted by Gasteiger charge is 2.52. The van der Waals surface area contributed by atoms with E-state index in [0.29, 0.717) is 17.7 Å². The normalized spacial score (nSPS) is 18.5. The van der Waals surface area contributed by atoms with Gasteiger partial charge in [-0.05, 0) is 22.6 Å². The fourth-order valence-corrected chi connectivity index (χ4v) is 4.61. The molecule has 0 bridgehead atoms. The molecule has 6 nitrogen and oxygen atoms in total. The maximum Gasteiger partial charge on any atom is 0.325 e. The number of carbonyl (C=O) groups is 2. The summed E-state index contributed by atoms with van der Waals surface area (Å²) < 4.78 is 5.87. The third-order valence-electron chi connectivity index (χ3n) is 6.33. The van der Waals surface area contributed by atoms with Crippen molar-refractivity contribution in [3.63, 3.8) is 0 Å². The van der Waals surface area contributed by atoms with Crippen molar-refractivity contribution in [2.45, 2.75) is 18.1 Å². The van der Waals surface area contributed by atoms with Gasteiger partial charge >= 0.3 is 6.03 Å². The average Bonchev–Trinajstić information content (AvgIpc) is 3.13. The molecular formula is C29H26N2O4. The second-order valence-corrected chi connectivity index (χ2v) is 8.72. The topological polar surface area (TPSA) is 78.9 Å². The predicted molar refractivity (Wildman–Crippen MR) is 134 cm³/mol. The minimum Gasteiger partial charge on any atom is -0.490 e. The first-order valence-corrected chi connectivity index (χ1v) is 11.6. The first kappa shape index (κ1) is 22.6. The number of hydrogen-bond acceptors (Lipinski definition) is 4. The van der Waals surface area contributed by atoms with Gasteiger partial charge in [0.05, 0.1) is 6.54 Å². The van der Waals surface area contributed by atoms with Crippen molar-refractivity contribution >= 4 is 22.7 Å². The Bertz CT molecular complexity index is 1340. The van der Waals surface area contributed by atoms with Crippen molar-refractivity contribution in [3.05, 3.63) is 114 Å². The number of aliphatic hydroxyl groups is 1. The van der Waals surface area contributed by atoms with Crippen LogP contribution in [-0.2, 0) is 16.8 Å². The van der Waals surface area contributed by atoms with Gasteiger partial charge in [-0.2, -0.15) is 0 Å². The predicted octanol–water partition coefficient (Wildman–Crippen LogP) is 4.27. The molecule has 35 heavy (non-hydrogen) atoms. The molecule has 0 radical (unpaired) electrons. The van der Waals surface area contributed by atoms with Gasteiger partial charge in [-0.3, -0.25) is 9.69 Å². The Labute approximate surface area is 203 Å². The number of benzene rings is 4. The number of nitrogens with one attached hydrogen (secondary N) is 1. The molecular weight excluding hydrogens is 440 g/mol. The number of aliphatic hydroxyl groups excluding tert-OH is 1. The first-order chi connectivity index (χ1) is 17.1. The summed E-state index contributed by atoms with van der Waals surface area (Å²) in [4.78, 5) is 27.8. The molecule has 4 aromatic carbocycles. The molecule has 0 aliphatic carbocycles. The molecule has 1 aliphatic rings. The van der Waals surface area contributed by atoms with E-state index in [1.165, 1.54) is 0 Å². The number of nitrogens with zero attached hydrogens (tertiary/aromatic N) is 1. The Kier molecular flexibility index (Phi) is 6.21. The van der Waals surface area contributed by atoms with E-state index in [1.54, 1.807) is 0 Å². The van der Waals surface area contributed by atoms with Crippen molar-refractivity contribution in [3.8, 4) is 5.75 Å². The molecule has 2 atom stereocenters. The first-order valence-electron chi connectivity index (χ1n) is 11.6. The molecule has 4 aromatic rings. The van der Waals surface area contributed by atoms with Gasteiger partial charge in [-0.1, -0.05) is 97.1 Å². The monoisotopic (exact) mass is 466 g/mol. The number of hydrogen-bond donors (Lipinski definition) is 2. The molecule has 1 saturated heterocycles. The second-order valence-electron chi connectivity index (χ2n) is 8.72. The van der Waals surface area contributed by atoms with Crippen LogP contribution in [0.15, 0.2) is 103 Å². The Hall–Kier alpha value is -4.16. The summed E-state index contributed by atoms with van der Waals surface area (Å²) in [5.41, 5.74) is 0.383. The van der Waals surface area contributed by atoms with Crippen LogP contribution >= 0.6 is 0 Å². The molecule has 2 N–H and O–H groups in total. The lowest BCUT2D eigenvalue weighted by molar-refractivity contribution is -0.132. The van der Waals surface area contributed by atoms with E-state index in [2.05, 4.69) is 5.32 Å². The van der Waals surface area contributed by atoms with Gasteiger partial charge in [0, 0.05) is 11.8 Å². The molecule has 1 aliphatic heterocycles. The third-order valence-corrected chi connectivity index (χ3v) is 6.33. The lowest BCUT2D eigenvalue weighted by atomic mass is 9.83. The van der Waals surface area contributed by atoms with Gasteiger partial charge < -0.3 is 15.2 Å². The summed E-state index contributed by atoms with van der Waals surface area (Å²) in [6.07, 6.45) is -0.742. The number of ether oxygens (including phenoxy) is 1. The quantitative estimate of drug-likeness (QED) is 0.380. The highest BCUT2D eigenvalue weighted by Crippen LogP contribution is 2.33. The summed E-state index contributed by atoms with van der Waals surface area (Å²) in [5.74, 6) is 0.254. The number of carbonyl (C=O) groups excluding carboxylic acids is 2. The highest BCUT2D eigenvalue weighted by atomic mass is 16.5. The lowest BCUT2D eigenvalue weighted by Crippen LogP contribution is -2.46. The van der Waals surface area contributed by atoms with Crippen LogP contribution in [0.25, 0.3) is 10.8 Å². The maximum atomic E-state index is 13.7. The summed E-state index contributed by atoms with van der Waals surface area (Å²) in [6.45, 7) is -0.221. The zero-order chi connectivity index (χ0) is 24.3. The van der Waals surface area contributed by atoms with E-state index in [9.17, 15) is 14.7 Å². The van der Waals surface area contributed by atoms with Gasteiger partial charge in [-0.25, -0.2) is 4.79 Å². The van der Waals surface area contributed by atoms with Crippen LogP contribution in [0.1, 0.15) is 11.1 Å². The maximum absolute atomic E-state index is 13.7. The molecule has 3 amide bonds. The zero-order valence-electron chi connectivity index (χ0n) is 19.1. The number of fused-ring (bicyclic) bond motifs is 1. The minimum atomic E-state index is -1.24. The van der Waals surface area contributed by atoms with Gasteiger partial charge in [0.25, 0.3) is 5.91 Å². The van der Waals surface area contributed by atoms with Crippen LogP contribution in [-0.4, -0.2) is 41.2 Å². The van der Waals surface area contributed by atoms with E-state index < -0.39 is 17.7 Å². The molecule has 0 spiro atoms. The number of urea groups is 1. The largest absolute Gasteiger partial charge is 0.490 e. The number of amides is 3. The van der Waals surface area contributed by atoms with E-state index in [-0.39, 0.29) is 19.1 Å². The molecule has 176 valence electrons. The third kappa shape index (κ3) is 4.48. The second kappa shape index (κ2) is 9.60. The number of imide groups is 1. The fraction of sp³-hybridized carbons (Fsp3) is 0.172. The molecule has 1 fully saturated rings. The van der Waals surface area contributed by atoms with Crippen molar-refractivity contribution in [1.29, 1.82) is 0 Å². The summed E-state index contributed by atoms with van der Waals surface area (Å²) in [7, 11) is 0. The van der Waals surface area contributed by atoms with Crippen molar-refractivity contribution in [1.82, 2.24) is 10.2 Å². The lowest BCUT2D eigenvalue weighted by Gasteiger charge is -2.28. The van der Waals surface area contributed by atoms with Crippen LogP contribution in [0.3, 0.4) is 0 Å². The highest BCUT2D eigenvalue weighted by molar-refractivity contribution is 6.07. The van der Waals surface area contributed by atoms with Gasteiger partial charge in [0.1, 0.15) is 18.5 Å².